The molecule has 0 aliphatic carbocycles. The van der Waals surface area contributed by atoms with E-state index in [1.807, 2.05) is 17.0 Å². The fourth-order valence-corrected chi connectivity index (χ4v) is 3.00. The van der Waals surface area contributed by atoms with Crippen molar-refractivity contribution in [3.63, 3.8) is 0 Å². The number of amides is 1. The average molecular weight is 275 g/mol. The van der Waals surface area contributed by atoms with Gasteiger partial charge < -0.3 is 9.64 Å². The maximum Gasteiger partial charge on any atom is 0.225 e. The van der Waals surface area contributed by atoms with E-state index in [9.17, 15) is 4.79 Å². The van der Waals surface area contributed by atoms with Crippen LogP contribution < -0.4 is 4.74 Å². The molecule has 1 unspecified atom stereocenters. The van der Waals surface area contributed by atoms with Gasteiger partial charge in [0, 0.05) is 24.9 Å². The Morgan fingerprint density at radius 1 is 1.30 bits per heavy atom. The van der Waals surface area contributed by atoms with E-state index < -0.39 is 0 Å². The lowest BCUT2D eigenvalue weighted by molar-refractivity contribution is -0.134. The molecule has 1 heterocycles. The van der Waals surface area contributed by atoms with Crippen LogP contribution in [0.3, 0.4) is 0 Å². The standard InChI is InChI=1S/C17H25NO2/c1-4-13(5-2)17(19)18-11-10-15(12-18)14-6-8-16(20-3)9-7-14/h6-9,13,15H,4-5,10-12H2,1-3H3. The van der Waals surface area contributed by atoms with Gasteiger partial charge >= 0.3 is 0 Å². The Hall–Kier alpha value is -1.51. The summed E-state index contributed by atoms with van der Waals surface area (Å²) in [7, 11) is 1.68. The first-order valence-electron chi connectivity index (χ1n) is 7.62. The average Bonchev–Trinajstić information content (AvgIpc) is 2.98. The van der Waals surface area contributed by atoms with Gasteiger partial charge in [-0.1, -0.05) is 26.0 Å². The third-order valence-electron chi connectivity index (χ3n) is 4.42. The second-order valence-corrected chi connectivity index (χ2v) is 5.56. The Bertz CT molecular complexity index is 437. The van der Waals surface area contributed by atoms with Crippen LogP contribution in [0.4, 0.5) is 0 Å². The van der Waals surface area contributed by atoms with Gasteiger partial charge in [0.05, 0.1) is 7.11 Å². The topological polar surface area (TPSA) is 29.5 Å². The summed E-state index contributed by atoms with van der Waals surface area (Å²) >= 11 is 0. The number of carbonyl (C=O) groups excluding carboxylic acids is 1. The first-order valence-corrected chi connectivity index (χ1v) is 7.62. The molecule has 3 heteroatoms. The van der Waals surface area contributed by atoms with Crippen LogP contribution in [0.5, 0.6) is 5.75 Å². The van der Waals surface area contributed by atoms with Gasteiger partial charge in [0.2, 0.25) is 5.91 Å². The first-order chi connectivity index (χ1) is 9.69. The highest BCUT2D eigenvalue weighted by Gasteiger charge is 2.30. The van der Waals surface area contributed by atoms with Crippen molar-refractivity contribution in [3.05, 3.63) is 29.8 Å². The summed E-state index contributed by atoms with van der Waals surface area (Å²) in [5.74, 6) is 1.89. The summed E-state index contributed by atoms with van der Waals surface area (Å²) in [4.78, 5) is 14.4. The molecule has 1 atom stereocenters. The van der Waals surface area contributed by atoms with E-state index in [4.69, 9.17) is 4.74 Å². The molecule has 0 saturated carbocycles. The largest absolute Gasteiger partial charge is 0.497 e. The van der Waals surface area contributed by atoms with Gasteiger partial charge in [-0.3, -0.25) is 4.79 Å². The van der Waals surface area contributed by atoms with Gasteiger partial charge in [-0.05, 0) is 37.0 Å². The SMILES string of the molecule is CCC(CC)C(=O)N1CCC(c2ccc(OC)cc2)C1. The molecule has 1 aliphatic heterocycles. The molecule has 0 radical (unpaired) electrons. The van der Waals surface area contributed by atoms with Crippen molar-refractivity contribution in [2.24, 2.45) is 5.92 Å². The Labute approximate surface area is 121 Å². The fourth-order valence-electron chi connectivity index (χ4n) is 3.00. The highest BCUT2D eigenvalue weighted by molar-refractivity contribution is 5.79. The highest BCUT2D eigenvalue weighted by atomic mass is 16.5. The van der Waals surface area contributed by atoms with Crippen LogP contribution in [0.1, 0.15) is 44.6 Å². The second kappa shape index (κ2) is 6.78. The van der Waals surface area contributed by atoms with Crippen molar-refractivity contribution in [1.29, 1.82) is 0 Å². The molecule has 1 aromatic carbocycles. The Morgan fingerprint density at radius 3 is 2.50 bits per heavy atom. The predicted octanol–water partition coefficient (Wildman–Crippen LogP) is 3.45. The molecule has 0 bridgehead atoms. The summed E-state index contributed by atoms with van der Waals surface area (Å²) in [6.45, 7) is 5.96. The number of carbonyl (C=O) groups is 1. The van der Waals surface area contributed by atoms with Gasteiger partial charge in [-0.25, -0.2) is 0 Å². The number of hydrogen-bond donors (Lipinski definition) is 0. The van der Waals surface area contributed by atoms with Gasteiger partial charge in [0.15, 0.2) is 0 Å². The molecule has 1 saturated heterocycles. The number of likely N-dealkylation sites (tertiary alicyclic amines) is 1. The Morgan fingerprint density at radius 2 is 1.95 bits per heavy atom. The summed E-state index contributed by atoms with van der Waals surface area (Å²) in [5.41, 5.74) is 1.31. The number of benzene rings is 1. The lowest BCUT2D eigenvalue weighted by Gasteiger charge is -2.22. The second-order valence-electron chi connectivity index (χ2n) is 5.56. The van der Waals surface area contributed by atoms with Crippen molar-refractivity contribution in [2.45, 2.75) is 39.0 Å². The van der Waals surface area contributed by atoms with E-state index in [0.29, 0.717) is 11.8 Å². The van der Waals surface area contributed by atoms with Crippen LogP contribution in [0, 0.1) is 5.92 Å². The minimum absolute atomic E-state index is 0.199. The third kappa shape index (κ3) is 3.14. The third-order valence-corrected chi connectivity index (χ3v) is 4.42. The summed E-state index contributed by atoms with van der Waals surface area (Å²) < 4.78 is 5.19. The van der Waals surface area contributed by atoms with Crippen LogP contribution in [0.2, 0.25) is 0 Å². The highest BCUT2D eigenvalue weighted by Crippen LogP contribution is 2.29. The monoisotopic (exact) mass is 275 g/mol. The zero-order valence-electron chi connectivity index (χ0n) is 12.8. The number of methoxy groups -OCH3 is 1. The zero-order valence-corrected chi connectivity index (χ0v) is 12.8. The zero-order chi connectivity index (χ0) is 14.5. The van der Waals surface area contributed by atoms with E-state index in [2.05, 4.69) is 26.0 Å². The number of rotatable bonds is 5. The molecule has 2 rings (SSSR count). The van der Waals surface area contributed by atoms with Crippen molar-refractivity contribution in [3.8, 4) is 5.75 Å². The molecule has 1 fully saturated rings. The van der Waals surface area contributed by atoms with E-state index in [0.717, 1.165) is 38.1 Å². The normalized spacial score (nSPS) is 18.6. The van der Waals surface area contributed by atoms with Gasteiger partial charge in [0.25, 0.3) is 0 Å². The van der Waals surface area contributed by atoms with Crippen molar-refractivity contribution < 1.29 is 9.53 Å². The number of nitrogens with zero attached hydrogens (tertiary/aromatic N) is 1. The van der Waals surface area contributed by atoms with Crippen molar-refractivity contribution in [1.82, 2.24) is 4.90 Å². The van der Waals surface area contributed by atoms with Gasteiger partial charge in [-0.15, -0.1) is 0 Å². The molecule has 1 amide bonds. The maximum atomic E-state index is 12.4. The van der Waals surface area contributed by atoms with Crippen LogP contribution in [0.25, 0.3) is 0 Å². The fraction of sp³-hybridized carbons (Fsp3) is 0.588. The summed E-state index contributed by atoms with van der Waals surface area (Å²) in [6, 6.07) is 8.24. The van der Waals surface area contributed by atoms with Crippen LogP contribution >= 0.6 is 0 Å². The minimum Gasteiger partial charge on any atom is -0.497 e. The van der Waals surface area contributed by atoms with Crippen molar-refractivity contribution >= 4 is 5.91 Å². The van der Waals surface area contributed by atoms with E-state index in [1.165, 1.54) is 5.56 Å². The number of ether oxygens (including phenoxy) is 1. The number of hydrogen-bond acceptors (Lipinski definition) is 2. The summed E-state index contributed by atoms with van der Waals surface area (Å²) in [5, 5.41) is 0. The maximum absolute atomic E-state index is 12.4. The lowest BCUT2D eigenvalue weighted by atomic mass is 9.98. The first kappa shape index (κ1) is 14.9. The predicted molar refractivity (Wildman–Crippen MR) is 81.0 cm³/mol. The van der Waals surface area contributed by atoms with Crippen LogP contribution in [-0.2, 0) is 4.79 Å². The van der Waals surface area contributed by atoms with E-state index in [1.54, 1.807) is 7.11 Å². The molecule has 1 aromatic rings. The molecular weight excluding hydrogens is 250 g/mol. The molecule has 110 valence electrons. The molecule has 0 aromatic heterocycles. The molecule has 3 nitrogen and oxygen atoms in total. The van der Waals surface area contributed by atoms with E-state index in [-0.39, 0.29) is 5.92 Å². The lowest BCUT2D eigenvalue weighted by Crippen LogP contribution is -2.33. The van der Waals surface area contributed by atoms with Crippen LogP contribution in [0.15, 0.2) is 24.3 Å². The van der Waals surface area contributed by atoms with Crippen LogP contribution in [-0.4, -0.2) is 31.0 Å². The van der Waals surface area contributed by atoms with Crippen molar-refractivity contribution in [2.75, 3.05) is 20.2 Å². The molecule has 20 heavy (non-hydrogen) atoms. The Balaban J connectivity index is 1.99. The van der Waals surface area contributed by atoms with E-state index >= 15 is 0 Å². The summed E-state index contributed by atoms with van der Waals surface area (Å²) in [6.07, 6.45) is 2.95. The molecular formula is C17H25NO2. The van der Waals surface area contributed by atoms with Gasteiger partial charge in [0.1, 0.15) is 5.75 Å². The molecule has 0 N–H and O–H groups in total. The quantitative estimate of drug-likeness (QED) is 0.823. The van der Waals surface area contributed by atoms with Gasteiger partial charge in [-0.2, -0.15) is 0 Å². The molecule has 1 aliphatic rings. The smallest absolute Gasteiger partial charge is 0.225 e. The molecule has 0 spiro atoms. The minimum atomic E-state index is 0.199. The Kier molecular flexibility index (Phi) is 5.05.